The van der Waals surface area contributed by atoms with Gasteiger partial charge in [-0.25, -0.2) is 9.59 Å². The second-order valence-electron chi connectivity index (χ2n) is 14.7. The Kier molecular flexibility index (Phi) is 5.14. The van der Waals surface area contributed by atoms with Crippen LogP contribution in [0.1, 0.15) is 92.9 Å². The lowest BCUT2D eigenvalue weighted by atomic mass is 9.52. The molecule has 0 N–H and O–H groups in total. The van der Waals surface area contributed by atoms with Gasteiger partial charge in [-0.05, 0) is 106 Å². The molecule has 0 aromatic rings. The van der Waals surface area contributed by atoms with Gasteiger partial charge < -0.3 is 18.9 Å². The van der Waals surface area contributed by atoms with Gasteiger partial charge in [0.15, 0.2) is 0 Å². The Bertz CT molecular complexity index is 1230. The predicted octanol–water partition coefficient (Wildman–Crippen LogP) is 5.21. The first-order valence-electron chi connectivity index (χ1n) is 15.0. The number of carbonyl (C=O) groups is 3. The van der Waals surface area contributed by atoms with Crippen molar-refractivity contribution in [1.29, 1.82) is 0 Å². The van der Waals surface area contributed by atoms with Crippen molar-refractivity contribution in [3.8, 4) is 0 Å². The Labute approximate surface area is 231 Å². The Balaban J connectivity index is 1.20. The zero-order chi connectivity index (χ0) is 27.8. The third-order valence-corrected chi connectivity index (χ3v) is 12.8. The molecule has 3 heterocycles. The minimum atomic E-state index is -1.18. The molecule has 3 aliphatic heterocycles. The van der Waals surface area contributed by atoms with Crippen LogP contribution in [0.15, 0.2) is 23.3 Å². The van der Waals surface area contributed by atoms with Gasteiger partial charge in [0.25, 0.3) is 0 Å². The minimum absolute atomic E-state index is 0.00728. The maximum atomic E-state index is 13.0. The summed E-state index contributed by atoms with van der Waals surface area (Å²) in [5, 5.41) is 0. The SMILES string of the molecule is CC(=O)O[C@@]1(C)C(=O)O[C@H]2C[C@H]1C[C@H]2[C@H]1CC[C@@]2(C)C3=C(CC[C@]12C)[C@@H]1O[C@@]12C=CC(=O)OC(C)(C)[C@@H]2CC3. The predicted molar refractivity (Wildman–Crippen MR) is 141 cm³/mol. The number of rotatable bonds is 2. The largest absolute Gasteiger partial charge is 0.459 e. The van der Waals surface area contributed by atoms with Crippen LogP contribution in [0.25, 0.3) is 0 Å². The molecule has 0 aromatic heterocycles. The van der Waals surface area contributed by atoms with Crippen LogP contribution >= 0.6 is 0 Å². The lowest BCUT2D eigenvalue weighted by molar-refractivity contribution is -0.197. The molecule has 4 aliphatic carbocycles. The second-order valence-corrected chi connectivity index (χ2v) is 14.7. The Hall–Kier alpha value is -2.15. The maximum Gasteiger partial charge on any atom is 0.350 e. The van der Waals surface area contributed by atoms with Crippen LogP contribution in [0.4, 0.5) is 0 Å². The molecular weight excluding hydrogens is 496 g/mol. The van der Waals surface area contributed by atoms with Crippen molar-refractivity contribution in [2.75, 3.05) is 0 Å². The molecule has 0 aromatic carbocycles. The maximum absolute atomic E-state index is 13.0. The molecule has 212 valence electrons. The molecule has 2 saturated heterocycles. The lowest BCUT2D eigenvalue weighted by Crippen LogP contribution is -2.51. The summed E-state index contributed by atoms with van der Waals surface area (Å²) in [6.45, 7) is 12.1. The van der Waals surface area contributed by atoms with E-state index < -0.39 is 22.8 Å². The number of hydrogen-bond acceptors (Lipinski definition) is 7. The zero-order valence-corrected chi connectivity index (χ0v) is 24.1. The van der Waals surface area contributed by atoms with Crippen molar-refractivity contribution in [1.82, 2.24) is 0 Å². The molecule has 0 radical (unpaired) electrons. The number of esters is 3. The third kappa shape index (κ3) is 3.23. The lowest BCUT2D eigenvalue weighted by Gasteiger charge is -2.52. The summed E-state index contributed by atoms with van der Waals surface area (Å²) >= 11 is 0. The number of cyclic esters (lactones) is 1. The fourth-order valence-electron chi connectivity index (χ4n) is 10.6. The highest BCUT2D eigenvalue weighted by Gasteiger charge is 2.71. The van der Waals surface area contributed by atoms with E-state index in [0.717, 1.165) is 51.4 Å². The number of carbonyl (C=O) groups excluding carboxylic acids is 3. The van der Waals surface area contributed by atoms with Crippen molar-refractivity contribution >= 4 is 17.9 Å². The van der Waals surface area contributed by atoms with Crippen LogP contribution in [-0.2, 0) is 33.3 Å². The quantitative estimate of drug-likeness (QED) is 0.206. The van der Waals surface area contributed by atoms with E-state index in [1.54, 1.807) is 18.6 Å². The van der Waals surface area contributed by atoms with E-state index in [1.165, 1.54) is 12.5 Å². The molecule has 2 bridgehead atoms. The standard InChI is InChI=1S/C32H42O7/c1-17(33)37-31(6)18-15-20(23(16-18)36-27(31)35)22-10-13-30(5)21-7-8-24-28(2,3)38-25(34)11-14-32(24)26(39-32)19(21)9-12-29(22,30)4/h11,14,18,20,22-24,26H,7-10,12-13,15-16H2,1-6H3/t18-,20+,22-,23+,24+,26+,29-,30+,31-,32-/m1/s1. The van der Waals surface area contributed by atoms with Gasteiger partial charge in [-0.3, -0.25) is 4.79 Å². The Morgan fingerprint density at radius 1 is 1.03 bits per heavy atom. The van der Waals surface area contributed by atoms with Crippen molar-refractivity contribution < 1.29 is 33.3 Å². The van der Waals surface area contributed by atoms with E-state index in [4.69, 9.17) is 18.9 Å². The van der Waals surface area contributed by atoms with E-state index >= 15 is 0 Å². The Morgan fingerprint density at radius 2 is 1.79 bits per heavy atom. The first-order chi connectivity index (χ1) is 18.3. The highest BCUT2D eigenvalue weighted by Crippen LogP contribution is 2.72. The molecule has 7 nitrogen and oxygen atoms in total. The normalized spacial score (nSPS) is 50.9. The molecule has 2 saturated carbocycles. The summed E-state index contributed by atoms with van der Waals surface area (Å²) < 4.78 is 24.1. The molecule has 4 fully saturated rings. The zero-order valence-electron chi connectivity index (χ0n) is 24.1. The molecule has 39 heavy (non-hydrogen) atoms. The topological polar surface area (TPSA) is 91.4 Å². The smallest absolute Gasteiger partial charge is 0.350 e. The van der Waals surface area contributed by atoms with Gasteiger partial charge in [0.2, 0.25) is 5.60 Å². The van der Waals surface area contributed by atoms with Gasteiger partial charge in [-0.15, -0.1) is 0 Å². The fraction of sp³-hybridized carbons (Fsp3) is 0.781. The van der Waals surface area contributed by atoms with Gasteiger partial charge in [-0.1, -0.05) is 19.4 Å². The van der Waals surface area contributed by atoms with E-state index in [-0.39, 0.29) is 52.7 Å². The van der Waals surface area contributed by atoms with Crippen molar-refractivity contribution in [2.45, 2.75) is 122 Å². The van der Waals surface area contributed by atoms with E-state index in [9.17, 15) is 14.4 Å². The number of epoxide rings is 1. The van der Waals surface area contributed by atoms with Crippen molar-refractivity contribution in [2.24, 2.45) is 34.5 Å². The molecular formula is C32H42O7. The third-order valence-electron chi connectivity index (χ3n) is 12.8. The number of fused-ring (bicyclic) bond motifs is 5. The Morgan fingerprint density at radius 3 is 2.54 bits per heavy atom. The first-order valence-corrected chi connectivity index (χ1v) is 15.0. The highest BCUT2D eigenvalue weighted by atomic mass is 16.6. The first kappa shape index (κ1) is 25.8. The van der Waals surface area contributed by atoms with Crippen LogP contribution in [0.3, 0.4) is 0 Å². The molecule has 7 rings (SSSR count). The van der Waals surface area contributed by atoms with Crippen LogP contribution in [0.5, 0.6) is 0 Å². The van der Waals surface area contributed by atoms with Crippen molar-refractivity contribution in [3.05, 3.63) is 23.3 Å². The average Bonchev–Trinajstić information content (AvgIpc) is 3.38. The van der Waals surface area contributed by atoms with Gasteiger partial charge in [0, 0.05) is 24.8 Å². The fourth-order valence-corrected chi connectivity index (χ4v) is 10.6. The number of allylic oxidation sites excluding steroid dienone is 1. The van der Waals surface area contributed by atoms with E-state index in [0.29, 0.717) is 5.92 Å². The number of ether oxygens (including phenoxy) is 4. The van der Waals surface area contributed by atoms with Crippen LogP contribution in [0.2, 0.25) is 0 Å². The molecule has 7 heteroatoms. The second kappa shape index (κ2) is 7.77. The summed E-state index contributed by atoms with van der Waals surface area (Å²) in [6, 6.07) is 0. The molecule has 10 atom stereocenters. The van der Waals surface area contributed by atoms with Gasteiger partial charge in [0.05, 0.1) is 0 Å². The van der Waals surface area contributed by atoms with Gasteiger partial charge in [0.1, 0.15) is 23.4 Å². The van der Waals surface area contributed by atoms with Crippen LogP contribution < -0.4 is 0 Å². The van der Waals surface area contributed by atoms with Crippen LogP contribution in [0, 0.1) is 34.5 Å². The molecule has 1 spiro atoms. The average molecular weight is 539 g/mol. The summed E-state index contributed by atoms with van der Waals surface area (Å²) in [6.07, 6.45) is 11.4. The number of hydrogen-bond donors (Lipinski definition) is 0. The minimum Gasteiger partial charge on any atom is -0.459 e. The van der Waals surface area contributed by atoms with Gasteiger partial charge in [-0.2, -0.15) is 0 Å². The van der Waals surface area contributed by atoms with E-state index in [2.05, 4.69) is 13.8 Å². The molecule has 7 aliphatic rings. The summed E-state index contributed by atoms with van der Waals surface area (Å²) in [4.78, 5) is 37.2. The monoisotopic (exact) mass is 538 g/mol. The highest BCUT2D eigenvalue weighted by molar-refractivity contribution is 5.84. The van der Waals surface area contributed by atoms with Gasteiger partial charge >= 0.3 is 17.9 Å². The van der Waals surface area contributed by atoms with Crippen LogP contribution in [-0.4, -0.2) is 46.9 Å². The summed E-state index contributed by atoms with van der Waals surface area (Å²) in [7, 11) is 0. The molecule has 0 unspecified atom stereocenters. The van der Waals surface area contributed by atoms with E-state index in [1.807, 2.05) is 19.9 Å². The molecule has 0 amide bonds. The summed E-state index contributed by atoms with van der Waals surface area (Å²) in [5.74, 6) is -0.237. The summed E-state index contributed by atoms with van der Waals surface area (Å²) in [5.41, 5.74) is 0.967. The van der Waals surface area contributed by atoms with Crippen molar-refractivity contribution in [3.63, 3.8) is 0 Å².